The Hall–Kier alpha value is -1.16. The maximum Gasteiger partial charge on any atom is 0.187 e. The first kappa shape index (κ1) is 15.2. The molecule has 102 valence electrons. The van der Waals surface area contributed by atoms with Gasteiger partial charge in [0.25, 0.3) is 0 Å². The maximum absolute atomic E-state index is 13.6. The van der Waals surface area contributed by atoms with E-state index in [-0.39, 0.29) is 11.3 Å². The van der Waals surface area contributed by atoms with Gasteiger partial charge in [0, 0.05) is 20.6 Å². The Morgan fingerprint density at radius 3 is 2.60 bits per heavy atom. The van der Waals surface area contributed by atoms with Gasteiger partial charge < -0.3 is 0 Å². The molecule has 0 aliphatic rings. The zero-order chi connectivity index (χ0) is 14.7. The zero-order valence-corrected chi connectivity index (χ0v) is 13.1. The first-order chi connectivity index (χ1) is 9.47. The number of ketones is 1. The second-order valence-electron chi connectivity index (χ2n) is 3.99. The van der Waals surface area contributed by atoms with Crippen LogP contribution in [0.15, 0.2) is 46.9 Å². The topological polar surface area (TPSA) is 17.1 Å². The van der Waals surface area contributed by atoms with Crippen molar-refractivity contribution in [2.45, 2.75) is 0 Å². The van der Waals surface area contributed by atoms with E-state index in [9.17, 15) is 9.18 Å². The second-order valence-corrected chi connectivity index (χ2v) is 5.75. The van der Waals surface area contributed by atoms with Gasteiger partial charge in [-0.05, 0) is 42.5 Å². The number of carbonyl (C=O) groups is 1. The lowest BCUT2D eigenvalue weighted by molar-refractivity contribution is 0.104. The molecule has 0 unspecified atom stereocenters. The Morgan fingerprint density at radius 2 is 1.90 bits per heavy atom. The predicted molar refractivity (Wildman–Crippen MR) is 83.9 cm³/mol. The number of benzene rings is 2. The van der Waals surface area contributed by atoms with Crippen LogP contribution < -0.4 is 0 Å². The van der Waals surface area contributed by atoms with Crippen molar-refractivity contribution in [2.24, 2.45) is 0 Å². The standard InChI is InChI=1S/C15H8BrCl2FO/c16-10-3-1-9(14(19)7-10)2-6-15(20)12-8-11(17)4-5-13(12)18/h1-8H/b6-2+. The number of halogens is 4. The normalized spacial score (nSPS) is 11.0. The number of carbonyl (C=O) groups excluding carboxylic acids is 1. The van der Waals surface area contributed by atoms with E-state index in [0.29, 0.717) is 20.1 Å². The molecule has 2 aromatic carbocycles. The lowest BCUT2D eigenvalue weighted by atomic mass is 10.1. The summed E-state index contributed by atoms with van der Waals surface area (Å²) < 4.78 is 14.2. The molecule has 2 aromatic rings. The van der Waals surface area contributed by atoms with Gasteiger partial charge in [-0.3, -0.25) is 4.79 Å². The van der Waals surface area contributed by atoms with Crippen LogP contribution in [0, 0.1) is 5.82 Å². The third-order valence-electron chi connectivity index (χ3n) is 2.57. The van der Waals surface area contributed by atoms with E-state index >= 15 is 0 Å². The zero-order valence-electron chi connectivity index (χ0n) is 10.0. The highest BCUT2D eigenvalue weighted by Gasteiger charge is 2.08. The van der Waals surface area contributed by atoms with Crippen molar-refractivity contribution in [3.8, 4) is 0 Å². The summed E-state index contributed by atoms with van der Waals surface area (Å²) >= 11 is 14.9. The molecule has 0 saturated carbocycles. The van der Waals surface area contributed by atoms with Crippen molar-refractivity contribution in [3.63, 3.8) is 0 Å². The predicted octanol–water partition coefficient (Wildman–Crippen LogP) is 5.79. The molecule has 0 aliphatic heterocycles. The van der Waals surface area contributed by atoms with Gasteiger partial charge in [-0.25, -0.2) is 4.39 Å². The first-order valence-corrected chi connectivity index (χ1v) is 7.15. The fourth-order valence-electron chi connectivity index (χ4n) is 1.58. The smallest absolute Gasteiger partial charge is 0.187 e. The summed E-state index contributed by atoms with van der Waals surface area (Å²) in [6.45, 7) is 0. The van der Waals surface area contributed by atoms with Crippen molar-refractivity contribution in [1.82, 2.24) is 0 Å². The molecular formula is C15H8BrCl2FO. The van der Waals surface area contributed by atoms with Crippen LogP contribution in [0.5, 0.6) is 0 Å². The van der Waals surface area contributed by atoms with Gasteiger partial charge in [0.05, 0.1) is 5.02 Å². The summed E-state index contributed by atoms with van der Waals surface area (Å²) in [5.41, 5.74) is 0.604. The molecule has 0 atom stereocenters. The van der Waals surface area contributed by atoms with Crippen LogP contribution in [-0.4, -0.2) is 5.78 Å². The fourth-order valence-corrected chi connectivity index (χ4v) is 2.29. The van der Waals surface area contributed by atoms with Crippen LogP contribution in [0.1, 0.15) is 15.9 Å². The highest BCUT2D eigenvalue weighted by molar-refractivity contribution is 9.10. The molecule has 5 heteroatoms. The lowest BCUT2D eigenvalue weighted by Crippen LogP contribution is -1.95. The molecule has 0 aliphatic carbocycles. The highest BCUT2D eigenvalue weighted by atomic mass is 79.9. The molecular weight excluding hydrogens is 366 g/mol. The van der Waals surface area contributed by atoms with Crippen molar-refractivity contribution in [2.75, 3.05) is 0 Å². The van der Waals surface area contributed by atoms with E-state index in [2.05, 4.69) is 15.9 Å². The Labute approximate surface area is 134 Å². The Morgan fingerprint density at radius 1 is 1.15 bits per heavy atom. The van der Waals surface area contributed by atoms with E-state index < -0.39 is 5.82 Å². The van der Waals surface area contributed by atoms with E-state index in [0.717, 1.165) is 0 Å². The number of hydrogen-bond acceptors (Lipinski definition) is 1. The van der Waals surface area contributed by atoms with Gasteiger partial charge >= 0.3 is 0 Å². The van der Waals surface area contributed by atoms with Crippen molar-refractivity contribution in [3.05, 3.63) is 73.9 Å². The van der Waals surface area contributed by atoms with Gasteiger partial charge in [0.2, 0.25) is 0 Å². The molecule has 0 aromatic heterocycles. The molecule has 0 spiro atoms. The van der Waals surface area contributed by atoms with Crippen molar-refractivity contribution < 1.29 is 9.18 Å². The highest BCUT2D eigenvalue weighted by Crippen LogP contribution is 2.22. The van der Waals surface area contributed by atoms with Crippen molar-refractivity contribution >= 4 is 51.0 Å². The number of allylic oxidation sites excluding steroid dienone is 1. The van der Waals surface area contributed by atoms with Crippen LogP contribution in [-0.2, 0) is 0 Å². The number of rotatable bonds is 3. The van der Waals surface area contributed by atoms with Gasteiger partial charge in [0.15, 0.2) is 5.78 Å². The quantitative estimate of drug-likeness (QED) is 0.491. The molecule has 0 radical (unpaired) electrons. The largest absolute Gasteiger partial charge is 0.289 e. The Balaban J connectivity index is 2.27. The molecule has 0 N–H and O–H groups in total. The lowest BCUT2D eigenvalue weighted by Gasteiger charge is -2.01. The van der Waals surface area contributed by atoms with Gasteiger partial charge in [0.1, 0.15) is 5.82 Å². The monoisotopic (exact) mass is 372 g/mol. The molecule has 0 saturated heterocycles. The van der Waals surface area contributed by atoms with Gasteiger partial charge in [-0.1, -0.05) is 45.2 Å². The average Bonchev–Trinajstić information content (AvgIpc) is 2.40. The SMILES string of the molecule is O=C(/C=C/c1ccc(Br)cc1F)c1cc(Cl)ccc1Cl. The first-order valence-electron chi connectivity index (χ1n) is 5.60. The molecule has 0 fully saturated rings. The van der Waals surface area contributed by atoms with Crippen LogP contribution in [0.25, 0.3) is 6.08 Å². The average molecular weight is 374 g/mol. The fraction of sp³-hybridized carbons (Fsp3) is 0. The van der Waals surface area contributed by atoms with E-state index in [1.807, 2.05) is 0 Å². The van der Waals surface area contributed by atoms with Crippen LogP contribution >= 0.6 is 39.1 Å². The summed E-state index contributed by atoms with van der Waals surface area (Å²) in [7, 11) is 0. The van der Waals surface area contributed by atoms with Crippen LogP contribution in [0.4, 0.5) is 4.39 Å². The third-order valence-corrected chi connectivity index (χ3v) is 3.63. The maximum atomic E-state index is 13.6. The van der Waals surface area contributed by atoms with E-state index in [1.54, 1.807) is 24.3 Å². The molecule has 2 rings (SSSR count). The van der Waals surface area contributed by atoms with Crippen LogP contribution in [0.2, 0.25) is 10.0 Å². The minimum atomic E-state index is -0.416. The van der Waals surface area contributed by atoms with E-state index in [1.165, 1.54) is 24.3 Å². The summed E-state index contributed by atoms with van der Waals surface area (Å²) in [5, 5.41) is 0.723. The summed E-state index contributed by atoms with van der Waals surface area (Å²) in [5.74, 6) is -0.750. The molecule has 0 amide bonds. The summed E-state index contributed by atoms with van der Waals surface area (Å²) in [6, 6.07) is 9.22. The van der Waals surface area contributed by atoms with Crippen LogP contribution in [0.3, 0.4) is 0 Å². The summed E-state index contributed by atoms with van der Waals surface area (Å²) in [6.07, 6.45) is 2.67. The van der Waals surface area contributed by atoms with Crippen molar-refractivity contribution in [1.29, 1.82) is 0 Å². The second kappa shape index (κ2) is 6.53. The molecule has 1 nitrogen and oxygen atoms in total. The molecule has 20 heavy (non-hydrogen) atoms. The molecule has 0 bridgehead atoms. The van der Waals surface area contributed by atoms with Gasteiger partial charge in [-0.2, -0.15) is 0 Å². The Kier molecular flexibility index (Phi) is 4.97. The third kappa shape index (κ3) is 3.69. The number of hydrogen-bond donors (Lipinski definition) is 0. The van der Waals surface area contributed by atoms with E-state index in [4.69, 9.17) is 23.2 Å². The van der Waals surface area contributed by atoms with Gasteiger partial charge in [-0.15, -0.1) is 0 Å². The summed E-state index contributed by atoms with van der Waals surface area (Å²) in [4.78, 5) is 12.0. The minimum absolute atomic E-state index is 0.285. The Bertz CT molecular complexity index is 698. The minimum Gasteiger partial charge on any atom is -0.289 e. The molecule has 0 heterocycles.